The van der Waals surface area contributed by atoms with Gasteiger partial charge in [0.15, 0.2) is 0 Å². The van der Waals surface area contributed by atoms with Gasteiger partial charge in [-0.2, -0.15) is 0 Å². The van der Waals surface area contributed by atoms with Gasteiger partial charge in [0.05, 0.1) is 6.61 Å². The van der Waals surface area contributed by atoms with Gasteiger partial charge in [0, 0.05) is 12.6 Å². The molecular weight excluding hydrogens is 266 g/mol. The molecule has 21 heavy (non-hydrogen) atoms. The summed E-state index contributed by atoms with van der Waals surface area (Å²) >= 11 is 0. The highest BCUT2D eigenvalue weighted by atomic mass is 16.5. The van der Waals surface area contributed by atoms with Crippen LogP contribution in [-0.2, 0) is 0 Å². The smallest absolute Gasteiger partial charge is 0.122 e. The molecule has 3 N–H and O–H groups in total. The molecule has 3 atom stereocenters. The summed E-state index contributed by atoms with van der Waals surface area (Å²) in [6.45, 7) is 7.08. The van der Waals surface area contributed by atoms with Crippen LogP contribution in [0.4, 0.5) is 0 Å². The number of aliphatic hydroxyl groups is 2. The molecule has 0 saturated heterocycles. The lowest BCUT2D eigenvalue weighted by Crippen LogP contribution is -2.39. The zero-order valence-corrected chi connectivity index (χ0v) is 13.4. The molecule has 0 amide bonds. The molecule has 0 aliphatic carbocycles. The molecule has 0 saturated carbocycles. The third-order valence-corrected chi connectivity index (χ3v) is 3.85. The summed E-state index contributed by atoms with van der Waals surface area (Å²) in [6.07, 6.45) is 1.30. The fraction of sp³-hybridized carbons (Fsp3) is 0.647. The zero-order valence-electron chi connectivity index (χ0n) is 13.4. The predicted molar refractivity (Wildman–Crippen MR) is 85.8 cm³/mol. The standard InChI is InChI=1S/C17H29NO3/c1-4-13(3)16-8-6-7-9-17(16)21-12-15(20)10-18-14(5-2)11-19/h6-9,13-15,18-20H,4-5,10-12H2,1-3H3/t13-,14+,15+/m1/s1. The molecule has 0 fully saturated rings. The maximum atomic E-state index is 9.97. The van der Waals surface area contributed by atoms with Gasteiger partial charge in [0.2, 0.25) is 0 Å². The summed E-state index contributed by atoms with van der Waals surface area (Å²) in [5, 5.41) is 22.2. The van der Waals surface area contributed by atoms with E-state index in [2.05, 4.69) is 25.2 Å². The lowest BCUT2D eigenvalue weighted by Gasteiger charge is -2.20. The van der Waals surface area contributed by atoms with Crippen LogP contribution in [0, 0.1) is 0 Å². The molecule has 0 aliphatic rings. The second kappa shape index (κ2) is 9.77. The molecule has 0 aromatic heterocycles. The van der Waals surface area contributed by atoms with E-state index in [4.69, 9.17) is 9.84 Å². The lowest BCUT2D eigenvalue weighted by molar-refractivity contribution is 0.0988. The van der Waals surface area contributed by atoms with Crippen molar-refractivity contribution in [1.29, 1.82) is 0 Å². The molecule has 0 unspecified atom stereocenters. The van der Waals surface area contributed by atoms with E-state index in [0.717, 1.165) is 18.6 Å². The predicted octanol–water partition coefficient (Wildman–Crippen LogP) is 2.30. The summed E-state index contributed by atoms with van der Waals surface area (Å²) in [4.78, 5) is 0. The molecule has 1 aromatic rings. The average Bonchev–Trinajstić information content (AvgIpc) is 2.53. The van der Waals surface area contributed by atoms with Gasteiger partial charge < -0.3 is 20.3 Å². The van der Waals surface area contributed by atoms with E-state index < -0.39 is 6.10 Å². The van der Waals surface area contributed by atoms with E-state index in [-0.39, 0.29) is 19.3 Å². The molecule has 120 valence electrons. The van der Waals surface area contributed by atoms with E-state index in [1.807, 2.05) is 25.1 Å². The van der Waals surface area contributed by atoms with Crippen LogP contribution in [0.3, 0.4) is 0 Å². The SMILES string of the molecule is CC[C@@H](CO)NC[C@H](O)COc1ccccc1[C@H](C)CC. The number of aliphatic hydroxyl groups excluding tert-OH is 2. The summed E-state index contributed by atoms with van der Waals surface area (Å²) < 4.78 is 5.77. The summed E-state index contributed by atoms with van der Waals surface area (Å²) in [5.41, 5.74) is 1.18. The minimum atomic E-state index is -0.587. The van der Waals surface area contributed by atoms with Crippen molar-refractivity contribution in [3.63, 3.8) is 0 Å². The van der Waals surface area contributed by atoms with Crippen LogP contribution in [-0.4, -0.2) is 42.1 Å². The van der Waals surface area contributed by atoms with Crippen LogP contribution >= 0.6 is 0 Å². The van der Waals surface area contributed by atoms with Gasteiger partial charge in [-0.15, -0.1) is 0 Å². The first-order chi connectivity index (χ1) is 10.1. The highest BCUT2D eigenvalue weighted by molar-refractivity contribution is 5.35. The van der Waals surface area contributed by atoms with E-state index in [1.54, 1.807) is 0 Å². The van der Waals surface area contributed by atoms with Crippen molar-refractivity contribution in [3.05, 3.63) is 29.8 Å². The van der Waals surface area contributed by atoms with Crippen molar-refractivity contribution in [2.45, 2.75) is 51.7 Å². The largest absolute Gasteiger partial charge is 0.491 e. The van der Waals surface area contributed by atoms with E-state index >= 15 is 0 Å². The van der Waals surface area contributed by atoms with Crippen LogP contribution in [0.1, 0.15) is 45.1 Å². The van der Waals surface area contributed by atoms with E-state index in [9.17, 15) is 5.11 Å². The third kappa shape index (κ3) is 6.04. The fourth-order valence-electron chi connectivity index (χ4n) is 2.12. The second-order valence-electron chi connectivity index (χ2n) is 5.51. The van der Waals surface area contributed by atoms with Gasteiger partial charge >= 0.3 is 0 Å². The van der Waals surface area contributed by atoms with Gasteiger partial charge in [0.1, 0.15) is 18.5 Å². The Morgan fingerprint density at radius 2 is 1.90 bits per heavy atom. The van der Waals surface area contributed by atoms with Crippen molar-refractivity contribution in [3.8, 4) is 5.75 Å². The van der Waals surface area contributed by atoms with Crippen molar-refractivity contribution in [1.82, 2.24) is 5.32 Å². The Labute approximate surface area is 128 Å². The molecule has 0 radical (unpaired) electrons. The molecule has 0 heterocycles. The van der Waals surface area contributed by atoms with Gasteiger partial charge in [-0.05, 0) is 30.4 Å². The van der Waals surface area contributed by atoms with E-state index in [0.29, 0.717) is 12.5 Å². The minimum Gasteiger partial charge on any atom is -0.491 e. The summed E-state index contributed by atoms with van der Waals surface area (Å²) in [5.74, 6) is 1.29. The Morgan fingerprint density at radius 1 is 1.19 bits per heavy atom. The fourth-order valence-corrected chi connectivity index (χ4v) is 2.12. The summed E-state index contributed by atoms with van der Waals surface area (Å²) in [6, 6.07) is 8.02. The number of nitrogens with one attached hydrogen (secondary N) is 1. The number of benzene rings is 1. The molecular formula is C17H29NO3. The van der Waals surface area contributed by atoms with Crippen LogP contribution in [0.5, 0.6) is 5.75 Å². The van der Waals surface area contributed by atoms with Crippen molar-refractivity contribution >= 4 is 0 Å². The molecule has 1 rings (SSSR count). The quantitative estimate of drug-likeness (QED) is 0.620. The topological polar surface area (TPSA) is 61.7 Å². The average molecular weight is 295 g/mol. The minimum absolute atomic E-state index is 0.0343. The van der Waals surface area contributed by atoms with Crippen LogP contribution in [0.2, 0.25) is 0 Å². The molecule has 4 nitrogen and oxygen atoms in total. The van der Waals surface area contributed by atoms with Crippen LogP contribution < -0.4 is 10.1 Å². The van der Waals surface area contributed by atoms with Gasteiger partial charge in [0.25, 0.3) is 0 Å². The highest BCUT2D eigenvalue weighted by Gasteiger charge is 2.12. The zero-order chi connectivity index (χ0) is 15.7. The number of ether oxygens (including phenoxy) is 1. The second-order valence-corrected chi connectivity index (χ2v) is 5.51. The summed E-state index contributed by atoms with van der Waals surface area (Å²) in [7, 11) is 0. The van der Waals surface area contributed by atoms with Gasteiger partial charge in [-0.1, -0.05) is 39.0 Å². The Balaban J connectivity index is 2.47. The number of rotatable bonds is 10. The Bertz CT molecular complexity index is 393. The third-order valence-electron chi connectivity index (χ3n) is 3.85. The first kappa shape index (κ1) is 18.0. The van der Waals surface area contributed by atoms with Gasteiger partial charge in [-0.3, -0.25) is 0 Å². The van der Waals surface area contributed by atoms with Crippen molar-refractivity contribution < 1.29 is 14.9 Å². The molecule has 0 aliphatic heterocycles. The molecule has 1 aromatic carbocycles. The van der Waals surface area contributed by atoms with Crippen molar-refractivity contribution in [2.75, 3.05) is 19.8 Å². The lowest BCUT2D eigenvalue weighted by atomic mass is 9.98. The molecule has 0 bridgehead atoms. The maximum absolute atomic E-state index is 9.97. The molecule has 4 heteroatoms. The number of hydrogen-bond acceptors (Lipinski definition) is 4. The van der Waals surface area contributed by atoms with Crippen molar-refractivity contribution in [2.24, 2.45) is 0 Å². The highest BCUT2D eigenvalue weighted by Crippen LogP contribution is 2.28. The Kier molecular flexibility index (Phi) is 8.35. The number of para-hydroxylation sites is 1. The first-order valence-corrected chi connectivity index (χ1v) is 7.86. The monoisotopic (exact) mass is 295 g/mol. The Hall–Kier alpha value is -1.10. The van der Waals surface area contributed by atoms with Crippen LogP contribution in [0.15, 0.2) is 24.3 Å². The van der Waals surface area contributed by atoms with E-state index in [1.165, 1.54) is 5.56 Å². The Morgan fingerprint density at radius 3 is 2.52 bits per heavy atom. The van der Waals surface area contributed by atoms with Crippen LogP contribution in [0.25, 0.3) is 0 Å². The maximum Gasteiger partial charge on any atom is 0.122 e. The first-order valence-electron chi connectivity index (χ1n) is 7.86. The van der Waals surface area contributed by atoms with Gasteiger partial charge in [-0.25, -0.2) is 0 Å². The molecule has 0 spiro atoms. The number of hydrogen-bond donors (Lipinski definition) is 3. The normalized spacial score (nSPS) is 15.5.